The summed E-state index contributed by atoms with van der Waals surface area (Å²) in [4.78, 5) is 8.75. The lowest BCUT2D eigenvalue weighted by atomic mass is 10.0. The van der Waals surface area contributed by atoms with Crippen LogP contribution < -0.4 is 10.1 Å². The molecule has 0 aliphatic heterocycles. The van der Waals surface area contributed by atoms with E-state index in [1.165, 1.54) is 0 Å². The molecule has 2 heterocycles. The van der Waals surface area contributed by atoms with Crippen LogP contribution in [0.3, 0.4) is 0 Å². The van der Waals surface area contributed by atoms with Crippen LogP contribution in [-0.2, 0) is 4.74 Å². The summed E-state index contributed by atoms with van der Waals surface area (Å²) in [6.07, 6.45) is 8.72. The van der Waals surface area contributed by atoms with Gasteiger partial charge >= 0.3 is 0 Å². The molecule has 0 aromatic carbocycles. The van der Waals surface area contributed by atoms with Gasteiger partial charge < -0.3 is 14.8 Å². The van der Waals surface area contributed by atoms with Gasteiger partial charge in [-0.1, -0.05) is 12.2 Å². The number of nitrogens with zero attached hydrogens (tertiary/aromatic N) is 2. The second-order valence-corrected chi connectivity index (χ2v) is 6.12. The molecule has 0 amide bonds. The van der Waals surface area contributed by atoms with Crippen molar-refractivity contribution in [3.8, 4) is 5.75 Å². The van der Waals surface area contributed by atoms with Gasteiger partial charge in [0.25, 0.3) is 0 Å². The van der Waals surface area contributed by atoms with E-state index in [1.54, 1.807) is 24.6 Å². The molecular formula is C17H19N3O2S. The van der Waals surface area contributed by atoms with E-state index in [2.05, 4.69) is 21.4 Å². The van der Waals surface area contributed by atoms with Crippen molar-refractivity contribution < 1.29 is 9.47 Å². The minimum Gasteiger partial charge on any atom is -0.501 e. The number of rotatable bonds is 6. The fourth-order valence-corrected chi connectivity index (χ4v) is 2.98. The third-order valence-electron chi connectivity index (χ3n) is 3.46. The highest BCUT2D eigenvalue weighted by molar-refractivity contribution is 7.13. The second-order valence-electron chi connectivity index (χ2n) is 5.27. The number of anilines is 2. The lowest BCUT2D eigenvalue weighted by Crippen LogP contribution is -2.14. The number of aromatic nitrogens is 2. The Bertz CT molecular complexity index is 724. The molecule has 6 heteroatoms. The van der Waals surface area contributed by atoms with Gasteiger partial charge in [-0.2, -0.15) is 0 Å². The number of aryl methyl sites for hydroxylation is 1. The molecule has 2 aromatic rings. The Hall–Kier alpha value is -2.34. The van der Waals surface area contributed by atoms with Crippen LogP contribution in [0.2, 0.25) is 0 Å². The predicted molar refractivity (Wildman–Crippen MR) is 92.2 cm³/mol. The Balaban J connectivity index is 1.64. The number of hydrogen-bond acceptors (Lipinski definition) is 6. The molecule has 3 rings (SSSR count). The van der Waals surface area contributed by atoms with Gasteiger partial charge in [-0.25, -0.2) is 9.97 Å². The highest BCUT2D eigenvalue weighted by Crippen LogP contribution is 2.28. The predicted octanol–water partition coefficient (Wildman–Crippen LogP) is 4.08. The molecule has 1 aliphatic carbocycles. The summed E-state index contributed by atoms with van der Waals surface area (Å²) in [5, 5.41) is 6.03. The van der Waals surface area contributed by atoms with E-state index >= 15 is 0 Å². The van der Waals surface area contributed by atoms with Crippen molar-refractivity contribution in [3.63, 3.8) is 0 Å². The molecule has 1 N–H and O–H groups in total. The normalized spacial score (nSPS) is 16.8. The molecule has 0 spiro atoms. The molecule has 23 heavy (non-hydrogen) atoms. The minimum absolute atomic E-state index is 0.296. The summed E-state index contributed by atoms with van der Waals surface area (Å²) in [6.45, 7) is 2.54. The van der Waals surface area contributed by atoms with E-state index < -0.39 is 0 Å². The summed E-state index contributed by atoms with van der Waals surface area (Å²) in [5.41, 5.74) is 0.988. The van der Waals surface area contributed by atoms with Crippen molar-refractivity contribution in [1.82, 2.24) is 9.97 Å². The minimum atomic E-state index is 0.296. The maximum absolute atomic E-state index is 5.97. The van der Waals surface area contributed by atoms with Crippen molar-refractivity contribution >= 4 is 22.3 Å². The van der Waals surface area contributed by atoms with Gasteiger partial charge in [0.2, 0.25) is 0 Å². The SMILES string of the molecule is COC1=CC=CC(COc2cccnc2Nc2nc(C)cs2)C1. The monoisotopic (exact) mass is 329 g/mol. The van der Waals surface area contributed by atoms with E-state index in [1.807, 2.05) is 36.6 Å². The third-order valence-corrected chi connectivity index (χ3v) is 4.33. The molecule has 0 fully saturated rings. The largest absolute Gasteiger partial charge is 0.501 e. The molecule has 1 aliphatic rings. The number of pyridine rings is 1. The maximum Gasteiger partial charge on any atom is 0.188 e. The molecule has 2 aromatic heterocycles. The molecule has 1 unspecified atom stereocenters. The summed E-state index contributed by atoms with van der Waals surface area (Å²) in [6, 6.07) is 3.78. The first-order valence-electron chi connectivity index (χ1n) is 7.43. The van der Waals surface area contributed by atoms with Crippen molar-refractivity contribution in [2.45, 2.75) is 13.3 Å². The lowest BCUT2D eigenvalue weighted by molar-refractivity contribution is 0.228. The average Bonchev–Trinajstić information content (AvgIpc) is 2.99. The Kier molecular flexibility index (Phi) is 4.92. The fraction of sp³-hybridized carbons (Fsp3) is 0.294. The van der Waals surface area contributed by atoms with Gasteiger partial charge in [0, 0.05) is 23.9 Å². The summed E-state index contributed by atoms with van der Waals surface area (Å²) in [7, 11) is 1.70. The van der Waals surface area contributed by atoms with Crippen molar-refractivity contribution in [2.75, 3.05) is 19.0 Å². The van der Waals surface area contributed by atoms with Gasteiger partial charge in [-0.05, 0) is 25.1 Å². The van der Waals surface area contributed by atoms with Crippen LogP contribution in [0.1, 0.15) is 12.1 Å². The average molecular weight is 329 g/mol. The zero-order chi connectivity index (χ0) is 16.1. The quantitative estimate of drug-likeness (QED) is 0.865. The van der Waals surface area contributed by atoms with Crippen LogP contribution >= 0.6 is 11.3 Å². The maximum atomic E-state index is 5.97. The highest BCUT2D eigenvalue weighted by atomic mass is 32.1. The number of ether oxygens (including phenoxy) is 2. The number of allylic oxidation sites excluding steroid dienone is 3. The van der Waals surface area contributed by atoms with Crippen LogP contribution in [0.15, 0.2) is 47.7 Å². The highest BCUT2D eigenvalue weighted by Gasteiger charge is 2.14. The van der Waals surface area contributed by atoms with Crippen LogP contribution in [0.25, 0.3) is 0 Å². The summed E-state index contributed by atoms with van der Waals surface area (Å²) < 4.78 is 11.3. The van der Waals surface area contributed by atoms with Gasteiger partial charge in [0.1, 0.15) is 0 Å². The Labute approximate surface area is 139 Å². The van der Waals surface area contributed by atoms with Crippen LogP contribution in [0, 0.1) is 12.8 Å². The molecular weight excluding hydrogens is 310 g/mol. The molecule has 0 saturated heterocycles. The first-order valence-corrected chi connectivity index (χ1v) is 8.31. The van der Waals surface area contributed by atoms with Gasteiger partial charge in [0.05, 0.1) is 25.2 Å². The second kappa shape index (κ2) is 7.28. The van der Waals surface area contributed by atoms with Gasteiger partial charge in [-0.3, -0.25) is 0 Å². The summed E-state index contributed by atoms with van der Waals surface area (Å²) >= 11 is 1.55. The number of methoxy groups -OCH3 is 1. The molecule has 0 saturated carbocycles. The zero-order valence-electron chi connectivity index (χ0n) is 13.2. The molecule has 0 radical (unpaired) electrons. The van der Waals surface area contributed by atoms with E-state index in [-0.39, 0.29) is 0 Å². The molecule has 120 valence electrons. The Morgan fingerprint density at radius 1 is 1.43 bits per heavy atom. The molecule has 1 atom stereocenters. The van der Waals surface area contributed by atoms with Gasteiger partial charge in [0.15, 0.2) is 16.7 Å². The first kappa shape index (κ1) is 15.6. The van der Waals surface area contributed by atoms with E-state index in [9.17, 15) is 0 Å². The molecule has 0 bridgehead atoms. The van der Waals surface area contributed by atoms with Crippen LogP contribution in [0.4, 0.5) is 10.9 Å². The third kappa shape index (κ3) is 4.10. The fourth-order valence-electron chi connectivity index (χ4n) is 2.29. The standard InChI is InChI=1S/C17H19N3O2S/c1-12-11-23-17(19-12)20-16-15(7-4-8-18-16)22-10-13-5-3-6-14(9-13)21-2/h3-8,11,13H,9-10H2,1-2H3,(H,18,19,20). The topological polar surface area (TPSA) is 56.3 Å². The Morgan fingerprint density at radius 2 is 2.35 bits per heavy atom. The van der Waals surface area contributed by atoms with E-state index in [0.717, 1.165) is 28.8 Å². The molecule has 5 nitrogen and oxygen atoms in total. The lowest BCUT2D eigenvalue weighted by Gasteiger charge is -2.19. The smallest absolute Gasteiger partial charge is 0.188 e. The van der Waals surface area contributed by atoms with E-state index in [0.29, 0.717) is 18.3 Å². The van der Waals surface area contributed by atoms with E-state index in [4.69, 9.17) is 9.47 Å². The first-order chi connectivity index (χ1) is 11.2. The summed E-state index contributed by atoms with van der Waals surface area (Å²) in [5.74, 6) is 2.68. The number of hydrogen-bond donors (Lipinski definition) is 1. The zero-order valence-corrected chi connectivity index (χ0v) is 14.0. The van der Waals surface area contributed by atoms with Crippen LogP contribution in [0.5, 0.6) is 5.75 Å². The number of thiazole rings is 1. The van der Waals surface area contributed by atoms with Crippen molar-refractivity contribution in [2.24, 2.45) is 5.92 Å². The van der Waals surface area contributed by atoms with Crippen molar-refractivity contribution in [1.29, 1.82) is 0 Å². The van der Waals surface area contributed by atoms with Gasteiger partial charge in [-0.15, -0.1) is 11.3 Å². The number of nitrogens with one attached hydrogen (secondary N) is 1. The Morgan fingerprint density at radius 3 is 3.13 bits per heavy atom. The van der Waals surface area contributed by atoms with Crippen molar-refractivity contribution in [3.05, 3.63) is 53.4 Å². The van der Waals surface area contributed by atoms with Crippen LogP contribution in [-0.4, -0.2) is 23.7 Å².